The lowest BCUT2D eigenvalue weighted by Crippen LogP contribution is -2.52. The molecule has 0 spiro atoms. The molecule has 0 aliphatic heterocycles. The van der Waals surface area contributed by atoms with Gasteiger partial charge in [0.2, 0.25) is 11.8 Å². The largest absolute Gasteiger partial charge is 0.354 e. The predicted molar refractivity (Wildman–Crippen MR) is 156 cm³/mol. The van der Waals surface area contributed by atoms with E-state index in [1.54, 1.807) is 18.2 Å². The fourth-order valence-electron chi connectivity index (χ4n) is 4.04. The summed E-state index contributed by atoms with van der Waals surface area (Å²) in [6, 6.07) is 20.7. The topological polar surface area (TPSA) is 86.8 Å². The number of sulfonamides is 1. The van der Waals surface area contributed by atoms with Crippen LogP contribution in [0.3, 0.4) is 0 Å². The molecule has 10 heteroatoms. The van der Waals surface area contributed by atoms with Crippen LogP contribution >= 0.6 is 23.2 Å². The van der Waals surface area contributed by atoms with Gasteiger partial charge in [-0.25, -0.2) is 8.42 Å². The van der Waals surface area contributed by atoms with E-state index >= 15 is 0 Å². The number of nitrogens with zero attached hydrogens (tertiary/aromatic N) is 2. The Morgan fingerprint density at radius 1 is 0.923 bits per heavy atom. The van der Waals surface area contributed by atoms with Gasteiger partial charge in [-0.05, 0) is 48.2 Å². The molecular formula is C29H33Cl2N3O4S. The van der Waals surface area contributed by atoms with Crippen molar-refractivity contribution in [1.29, 1.82) is 0 Å². The number of carbonyl (C=O) groups is 2. The molecule has 1 N–H and O–H groups in total. The average molecular weight is 591 g/mol. The van der Waals surface area contributed by atoms with Crippen molar-refractivity contribution in [3.63, 3.8) is 0 Å². The minimum Gasteiger partial charge on any atom is -0.354 e. The van der Waals surface area contributed by atoms with Gasteiger partial charge in [-0.1, -0.05) is 92.5 Å². The minimum atomic E-state index is -4.21. The summed E-state index contributed by atoms with van der Waals surface area (Å²) >= 11 is 12.5. The first-order valence-corrected chi connectivity index (χ1v) is 14.9. The van der Waals surface area contributed by atoms with Crippen LogP contribution in [0.15, 0.2) is 83.8 Å². The molecule has 1 atom stereocenters. The number of anilines is 1. The van der Waals surface area contributed by atoms with Crippen molar-refractivity contribution in [3.8, 4) is 0 Å². The second kappa shape index (κ2) is 13.8. The van der Waals surface area contributed by atoms with Crippen molar-refractivity contribution in [2.45, 2.75) is 44.7 Å². The van der Waals surface area contributed by atoms with Crippen LogP contribution in [0.5, 0.6) is 0 Å². The third-order valence-corrected chi connectivity index (χ3v) is 8.37. The Balaban J connectivity index is 2.05. The Bertz CT molecular complexity index is 1370. The summed E-state index contributed by atoms with van der Waals surface area (Å²) in [4.78, 5) is 28.6. The Morgan fingerprint density at radius 3 is 2.10 bits per heavy atom. The fourth-order valence-corrected chi connectivity index (χ4v) is 6.05. The molecule has 0 radical (unpaired) electrons. The highest BCUT2D eigenvalue weighted by Gasteiger charge is 2.34. The van der Waals surface area contributed by atoms with Gasteiger partial charge in [0.25, 0.3) is 10.0 Å². The van der Waals surface area contributed by atoms with Crippen LogP contribution in [0, 0.1) is 5.92 Å². The number of rotatable bonds is 12. The summed E-state index contributed by atoms with van der Waals surface area (Å²) in [5, 5.41) is 3.31. The maximum Gasteiger partial charge on any atom is 0.264 e. The zero-order valence-corrected chi connectivity index (χ0v) is 24.5. The number of amides is 2. The molecule has 0 saturated heterocycles. The van der Waals surface area contributed by atoms with Crippen molar-refractivity contribution in [1.82, 2.24) is 10.2 Å². The lowest BCUT2D eigenvalue weighted by molar-refractivity contribution is -0.140. The molecule has 0 fully saturated rings. The quantitative estimate of drug-likeness (QED) is 0.290. The molecule has 0 saturated carbocycles. The maximum atomic E-state index is 14.0. The molecule has 3 rings (SSSR count). The van der Waals surface area contributed by atoms with Gasteiger partial charge >= 0.3 is 0 Å². The Labute approximate surface area is 240 Å². The molecular weight excluding hydrogens is 557 g/mol. The SMILES string of the molecule is CCC(C(=O)NCC(C)C)N(Cc1ccccc1)C(=O)CN(c1ccc(Cl)cc1Cl)S(=O)(=O)c1ccccc1. The molecule has 2 amide bonds. The van der Waals surface area contributed by atoms with E-state index in [1.165, 1.54) is 35.2 Å². The van der Waals surface area contributed by atoms with E-state index in [2.05, 4.69) is 5.32 Å². The molecule has 3 aromatic rings. The number of halogens is 2. The number of nitrogens with one attached hydrogen (secondary N) is 1. The van der Waals surface area contributed by atoms with Gasteiger partial charge in [0, 0.05) is 18.1 Å². The van der Waals surface area contributed by atoms with Crippen LogP contribution in [-0.2, 0) is 26.2 Å². The summed E-state index contributed by atoms with van der Waals surface area (Å²) in [7, 11) is -4.21. The third kappa shape index (κ3) is 7.97. The monoisotopic (exact) mass is 589 g/mol. The molecule has 3 aromatic carbocycles. The third-order valence-electron chi connectivity index (χ3n) is 6.05. The van der Waals surface area contributed by atoms with Crippen LogP contribution in [0.2, 0.25) is 10.0 Å². The van der Waals surface area contributed by atoms with Gasteiger partial charge in [-0.2, -0.15) is 0 Å². The highest BCUT2D eigenvalue weighted by Crippen LogP contribution is 2.33. The summed E-state index contributed by atoms with van der Waals surface area (Å²) < 4.78 is 28.6. The predicted octanol–water partition coefficient (Wildman–Crippen LogP) is 5.77. The van der Waals surface area contributed by atoms with Crippen molar-refractivity contribution >= 4 is 50.7 Å². The number of carbonyl (C=O) groups excluding carboxylic acids is 2. The standard InChI is InChI=1S/C29H33Cl2N3O4S/c1-4-26(29(36)32-18-21(2)3)33(19-22-11-7-5-8-12-22)28(35)20-34(27-16-15-23(30)17-25(27)31)39(37,38)24-13-9-6-10-14-24/h5-17,21,26H,4,18-20H2,1-3H3,(H,32,36). The lowest BCUT2D eigenvalue weighted by atomic mass is 10.1. The number of hydrogen-bond acceptors (Lipinski definition) is 4. The second-order valence-corrected chi connectivity index (χ2v) is 12.2. The molecule has 0 bridgehead atoms. The molecule has 7 nitrogen and oxygen atoms in total. The molecule has 39 heavy (non-hydrogen) atoms. The van der Waals surface area contributed by atoms with Crippen LogP contribution in [0.1, 0.15) is 32.8 Å². The van der Waals surface area contributed by atoms with E-state index in [0.29, 0.717) is 18.0 Å². The van der Waals surface area contributed by atoms with Crippen molar-refractivity contribution in [2.24, 2.45) is 5.92 Å². The minimum absolute atomic E-state index is 0.000133. The van der Waals surface area contributed by atoms with E-state index in [0.717, 1.165) is 9.87 Å². The molecule has 1 unspecified atom stereocenters. The fraction of sp³-hybridized carbons (Fsp3) is 0.310. The first-order valence-electron chi connectivity index (χ1n) is 12.7. The zero-order valence-electron chi connectivity index (χ0n) is 22.2. The zero-order chi connectivity index (χ0) is 28.6. The Morgan fingerprint density at radius 2 is 1.54 bits per heavy atom. The van der Waals surface area contributed by atoms with E-state index < -0.39 is 28.5 Å². The van der Waals surface area contributed by atoms with E-state index in [-0.39, 0.29) is 34.0 Å². The Hall–Kier alpha value is -3.07. The van der Waals surface area contributed by atoms with Crippen molar-refractivity contribution < 1.29 is 18.0 Å². The Kier molecular flexibility index (Phi) is 10.8. The number of benzene rings is 3. The van der Waals surface area contributed by atoms with E-state index in [1.807, 2.05) is 51.1 Å². The molecule has 0 aliphatic carbocycles. The van der Waals surface area contributed by atoms with Gasteiger partial charge in [0.1, 0.15) is 12.6 Å². The lowest BCUT2D eigenvalue weighted by Gasteiger charge is -2.33. The summed E-state index contributed by atoms with van der Waals surface area (Å²) in [6.45, 7) is 5.80. The van der Waals surface area contributed by atoms with Gasteiger partial charge in [-0.3, -0.25) is 13.9 Å². The van der Waals surface area contributed by atoms with Crippen molar-refractivity contribution in [3.05, 3.63) is 94.5 Å². The van der Waals surface area contributed by atoms with E-state index in [4.69, 9.17) is 23.2 Å². The van der Waals surface area contributed by atoms with Gasteiger partial charge in [0.15, 0.2) is 0 Å². The first kappa shape index (κ1) is 30.5. The smallest absolute Gasteiger partial charge is 0.264 e. The molecule has 208 valence electrons. The number of hydrogen-bond donors (Lipinski definition) is 1. The van der Waals surface area contributed by atoms with Crippen LogP contribution < -0.4 is 9.62 Å². The summed E-state index contributed by atoms with van der Waals surface area (Å²) in [6.07, 6.45) is 0.343. The molecule has 0 aliphatic rings. The van der Waals surface area contributed by atoms with Crippen molar-refractivity contribution in [2.75, 3.05) is 17.4 Å². The highest BCUT2D eigenvalue weighted by atomic mass is 35.5. The van der Waals surface area contributed by atoms with Crippen LogP contribution in [-0.4, -0.2) is 44.3 Å². The first-order chi connectivity index (χ1) is 18.5. The van der Waals surface area contributed by atoms with Crippen LogP contribution in [0.25, 0.3) is 0 Å². The van der Waals surface area contributed by atoms with Gasteiger partial charge < -0.3 is 10.2 Å². The second-order valence-electron chi connectivity index (χ2n) is 9.49. The van der Waals surface area contributed by atoms with Gasteiger partial charge in [-0.15, -0.1) is 0 Å². The summed E-state index contributed by atoms with van der Waals surface area (Å²) in [5.41, 5.74) is 0.915. The molecule has 0 aromatic heterocycles. The maximum absolute atomic E-state index is 14.0. The van der Waals surface area contributed by atoms with E-state index in [9.17, 15) is 18.0 Å². The normalized spacial score (nSPS) is 12.2. The van der Waals surface area contributed by atoms with Gasteiger partial charge in [0.05, 0.1) is 15.6 Å². The highest BCUT2D eigenvalue weighted by molar-refractivity contribution is 7.92. The average Bonchev–Trinajstić information content (AvgIpc) is 2.91. The molecule has 0 heterocycles. The van der Waals surface area contributed by atoms with Crippen LogP contribution in [0.4, 0.5) is 5.69 Å². The summed E-state index contributed by atoms with van der Waals surface area (Å²) in [5.74, 6) is -0.614.